The summed E-state index contributed by atoms with van der Waals surface area (Å²) >= 11 is 0. The number of hydrogen-bond acceptors (Lipinski definition) is 1. The van der Waals surface area contributed by atoms with Crippen LogP contribution >= 0.6 is 0 Å². The van der Waals surface area contributed by atoms with Crippen molar-refractivity contribution in [3.05, 3.63) is 36.5 Å². The first-order valence-electron chi connectivity index (χ1n) is 3.24. The van der Waals surface area contributed by atoms with Crippen molar-refractivity contribution in [1.29, 1.82) is 0 Å². The van der Waals surface area contributed by atoms with E-state index in [9.17, 15) is 4.79 Å². The minimum Gasteiger partial charge on any atom is -0.295 e. The van der Waals surface area contributed by atoms with E-state index in [0.717, 1.165) is 0 Å². The van der Waals surface area contributed by atoms with Gasteiger partial charge >= 0.3 is 0 Å². The van der Waals surface area contributed by atoms with Crippen LogP contribution < -0.4 is 0 Å². The Balaban J connectivity index is 3.62. The summed E-state index contributed by atoms with van der Waals surface area (Å²) in [4.78, 5) is 10.3. The van der Waals surface area contributed by atoms with E-state index in [1.165, 1.54) is 13.0 Å². The van der Waals surface area contributed by atoms with Crippen molar-refractivity contribution in [3.63, 3.8) is 0 Å². The highest BCUT2D eigenvalue weighted by molar-refractivity contribution is 5.87. The molecule has 10 heavy (non-hydrogen) atoms. The van der Waals surface area contributed by atoms with Gasteiger partial charge in [0, 0.05) is 0 Å². The maximum absolute atomic E-state index is 10.3. The lowest BCUT2D eigenvalue weighted by atomic mass is 10.3. The molecule has 0 heterocycles. The molecule has 0 atom stereocenters. The molecular weight excluding hydrogens is 124 g/mol. The molecule has 54 valence electrons. The van der Waals surface area contributed by atoms with Crippen molar-refractivity contribution in [2.24, 2.45) is 0 Å². The quantitative estimate of drug-likeness (QED) is 0.429. The molecule has 0 radical (unpaired) electrons. The van der Waals surface area contributed by atoms with E-state index < -0.39 is 0 Å². The van der Waals surface area contributed by atoms with Crippen molar-refractivity contribution in [2.75, 3.05) is 0 Å². The second-order valence-corrected chi connectivity index (χ2v) is 1.88. The molecule has 0 aliphatic heterocycles. The van der Waals surface area contributed by atoms with Crippen molar-refractivity contribution in [3.8, 4) is 0 Å². The monoisotopic (exact) mass is 136 g/mol. The van der Waals surface area contributed by atoms with Gasteiger partial charge in [0.2, 0.25) is 0 Å². The Kier molecular flexibility index (Phi) is 5.35. The second kappa shape index (κ2) is 6.02. The molecule has 0 unspecified atom stereocenters. The molecular formula is C9H12O. The van der Waals surface area contributed by atoms with Gasteiger partial charge in [-0.15, -0.1) is 0 Å². The Morgan fingerprint density at radius 2 is 1.70 bits per heavy atom. The molecule has 0 aromatic carbocycles. The van der Waals surface area contributed by atoms with Crippen molar-refractivity contribution >= 4 is 5.78 Å². The van der Waals surface area contributed by atoms with Gasteiger partial charge in [0.1, 0.15) is 0 Å². The molecule has 0 fully saturated rings. The van der Waals surface area contributed by atoms with Crippen LogP contribution in [0.25, 0.3) is 0 Å². The van der Waals surface area contributed by atoms with E-state index in [0.29, 0.717) is 0 Å². The van der Waals surface area contributed by atoms with E-state index in [-0.39, 0.29) is 5.78 Å². The average Bonchev–Trinajstić information content (AvgIpc) is 1.87. The Morgan fingerprint density at radius 3 is 2.20 bits per heavy atom. The Labute approximate surface area is 61.8 Å². The first-order valence-corrected chi connectivity index (χ1v) is 3.24. The summed E-state index contributed by atoms with van der Waals surface area (Å²) in [5.74, 6) is 0.0742. The third-order valence-corrected chi connectivity index (χ3v) is 0.857. The van der Waals surface area contributed by atoms with Gasteiger partial charge in [-0.1, -0.05) is 30.4 Å². The minimum atomic E-state index is 0.0742. The highest BCUT2D eigenvalue weighted by atomic mass is 16.1. The predicted molar refractivity (Wildman–Crippen MR) is 43.8 cm³/mol. The van der Waals surface area contributed by atoms with Crippen LogP contribution in [0.5, 0.6) is 0 Å². The maximum atomic E-state index is 10.3. The molecule has 0 aromatic rings. The topological polar surface area (TPSA) is 17.1 Å². The number of hydrogen-bond donors (Lipinski definition) is 0. The summed E-state index contributed by atoms with van der Waals surface area (Å²) in [7, 11) is 0. The third kappa shape index (κ3) is 6.89. The summed E-state index contributed by atoms with van der Waals surface area (Å²) in [5.41, 5.74) is 0. The maximum Gasteiger partial charge on any atom is 0.152 e. The third-order valence-electron chi connectivity index (χ3n) is 0.857. The zero-order valence-corrected chi connectivity index (χ0v) is 6.37. The molecule has 0 aliphatic rings. The zero-order chi connectivity index (χ0) is 7.82. The SMILES string of the molecule is C\C=C/C=C\C=C\C(C)=O. The van der Waals surface area contributed by atoms with Crippen LogP contribution in [0, 0.1) is 0 Å². The van der Waals surface area contributed by atoms with Gasteiger partial charge in [-0.2, -0.15) is 0 Å². The molecule has 0 amide bonds. The molecule has 0 aromatic heterocycles. The van der Waals surface area contributed by atoms with E-state index in [4.69, 9.17) is 0 Å². The first kappa shape index (κ1) is 8.89. The summed E-state index contributed by atoms with van der Waals surface area (Å²) in [6.07, 6.45) is 10.8. The standard InChI is InChI=1S/C9H12O/c1-3-4-5-6-7-8-9(2)10/h3-8H,1-2H3/b4-3-,6-5-,8-7+. The van der Waals surface area contributed by atoms with Gasteiger partial charge in [-0.05, 0) is 19.9 Å². The van der Waals surface area contributed by atoms with Gasteiger partial charge in [0.25, 0.3) is 0 Å². The van der Waals surface area contributed by atoms with Gasteiger partial charge < -0.3 is 0 Å². The van der Waals surface area contributed by atoms with Crippen LogP contribution in [0.3, 0.4) is 0 Å². The van der Waals surface area contributed by atoms with Crippen LogP contribution in [-0.2, 0) is 4.79 Å². The fourth-order valence-electron chi connectivity index (χ4n) is 0.430. The summed E-state index contributed by atoms with van der Waals surface area (Å²) in [5, 5.41) is 0. The zero-order valence-electron chi connectivity index (χ0n) is 6.37. The predicted octanol–water partition coefficient (Wildman–Crippen LogP) is 2.26. The molecule has 0 spiro atoms. The fourth-order valence-corrected chi connectivity index (χ4v) is 0.430. The van der Waals surface area contributed by atoms with Crippen molar-refractivity contribution in [2.45, 2.75) is 13.8 Å². The molecule has 1 nitrogen and oxygen atoms in total. The molecule has 0 saturated heterocycles. The van der Waals surface area contributed by atoms with E-state index >= 15 is 0 Å². The summed E-state index contributed by atoms with van der Waals surface area (Å²) < 4.78 is 0. The highest BCUT2D eigenvalue weighted by Gasteiger charge is 1.75. The number of carbonyl (C=O) groups excluding carboxylic acids is 1. The number of ketones is 1. The van der Waals surface area contributed by atoms with Crippen LogP contribution in [0.1, 0.15) is 13.8 Å². The number of carbonyl (C=O) groups is 1. The molecule has 0 aliphatic carbocycles. The molecule has 0 saturated carbocycles. The summed E-state index contributed by atoms with van der Waals surface area (Å²) in [6.45, 7) is 3.47. The normalized spacial score (nSPS) is 12.2. The van der Waals surface area contributed by atoms with Crippen LogP contribution in [-0.4, -0.2) is 5.78 Å². The largest absolute Gasteiger partial charge is 0.295 e. The fraction of sp³-hybridized carbons (Fsp3) is 0.222. The van der Waals surface area contributed by atoms with Crippen LogP contribution in [0.2, 0.25) is 0 Å². The number of rotatable bonds is 3. The van der Waals surface area contributed by atoms with E-state index in [2.05, 4.69) is 0 Å². The van der Waals surface area contributed by atoms with Crippen molar-refractivity contribution < 1.29 is 4.79 Å². The van der Waals surface area contributed by atoms with E-state index in [1.807, 2.05) is 31.2 Å². The lowest BCUT2D eigenvalue weighted by molar-refractivity contribution is -0.112. The molecule has 0 bridgehead atoms. The highest BCUT2D eigenvalue weighted by Crippen LogP contribution is 1.80. The lowest BCUT2D eigenvalue weighted by Crippen LogP contribution is -1.77. The first-order chi connectivity index (χ1) is 4.77. The van der Waals surface area contributed by atoms with Crippen LogP contribution in [0.4, 0.5) is 0 Å². The Morgan fingerprint density at radius 1 is 1.10 bits per heavy atom. The lowest BCUT2D eigenvalue weighted by Gasteiger charge is -1.73. The number of allylic oxidation sites excluding steroid dienone is 6. The van der Waals surface area contributed by atoms with Gasteiger partial charge in [0.05, 0.1) is 0 Å². The molecule has 0 rings (SSSR count). The summed E-state index contributed by atoms with van der Waals surface area (Å²) in [6, 6.07) is 0. The van der Waals surface area contributed by atoms with Crippen LogP contribution in [0.15, 0.2) is 36.5 Å². The average molecular weight is 136 g/mol. The molecule has 0 N–H and O–H groups in total. The van der Waals surface area contributed by atoms with Gasteiger partial charge in [-0.3, -0.25) is 4.79 Å². The Bertz CT molecular complexity index is 173. The van der Waals surface area contributed by atoms with Gasteiger partial charge in [-0.25, -0.2) is 0 Å². The van der Waals surface area contributed by atoms with Gasteiger partial charge in [0.15, 0.2) is 5.78 Å². The minimum absolute atomic E-state index is 0.0742. The van der Waals surface area contributed by atoms with E-state index in [1.54, 1.807) is 6.08 Å². The van der Waals surface area contributed by atoms with Crippen molar-refractivity contribution in [1.82, 2.24) is 0 Å². The second-order valence-electron chi connectivity index (χ2n) is 1.88. The molecule has 1 heteroatoms. The smallest absolute Gasteiger partial charge is 0.152 e. The Hall–Kier alpha value is -1.11.